The summed E-state index contributed by atoms with van der Waals surface area (Å²) in [4.78, 5) is 42.1. The molecule has 0 atom stereocenters. The molecule has 0 bridgehead atoms. The highest BCUT2D eigenvalue weighted by atomic mass is 16.4. The van der Waals surface area contributed by atoms with Crippen molar-refractivity contribution in [3.63, 3.8) is 0 Å². The van der Waals surface area contributed by atoms with Crippen LogP contribution in [0.4, 0.5) is 5.69 Å². The number of benzene rings is 2. The van der Waals surface area contributed by atoms with Gasteiger partial charge in [-0.05, 0) is 68.8 Å². The minimum Gasteiger partial charge on any atom is -0.478 e. The lowest BCUT2D eigenvalue weighted by atomic mass is 9.95. The number of aromatic nitrogens is 1. The van der Waals surface area contributed by atoms with E-state index in [-0.39, 0.29) is 28.2 Å². The van der Waals surface area contributed by atoms with E-state index in [1.807, 2.05) is 19.9 Å². The third-order valence-electron chi connectivity index (χ3n) is 5.28. The first-order chi connectivity index (χ1) is 17.1. The second-order valence-electron chi connectivity index (χ2n) is 8.35. The second-order valence-corrected chi connectivity index (χ2v) is 8.35. The van der Waals surface area contributed by atoms with E-state index in [1.165, 1.54) is 18.2 Å². The first kappa shape index (κ1) is 25.8. The van der Waals surface area contributed by atoms with Crippen molar-refractivity contribution in [3.05, 3.63) is 94.3 Å². The van der Waals surface area contributed by atoms with Crippen LogP contribution in [0.25, 0.3) is 11.1 Å². The number of nitrogen functional groups attached to an aromatic ring is 1. The van der Waals surface area contributed by atoms with Crippen molar-refractivity contribution in [3.8, 4) is 11.1 Å². The molecule has 0 saturated carbocycles. The van der Waals surface area contributed by atoms with Crippen LogP contribution in [0.1, 0.15) is 56.3 Å². The van der Waals surface area contributed by atoms with Crippen LogP contribution in [0.3, 0.4) is 0 Å². The number of pyridine rings is 1. The molecule has 1 heterocycles. The molecular formula is C27H27N5O4. The van der Waals surface area contributed by atoms with E-state index in [9.17, 15) is 19.5 Å². The molecule has 0 saturated heterocycles. The van der Waals surface area contributed by atoms with Crippen molar-refractivity contribution in [1.82, 2.24) is 10.3 Å². The molecule has 0 fully saturated rings. The molecule has 0 unspecified atom stereocenters. The smallest absolute Gasteiger partial charge is 0.336 e. The number of aromatic carboxylic acids is 1. The molecule has 0 aliphatic heterocycles. The Kier molecular flexibility index (Phi) is 7.96. The molecule has 2 aromatic carbocycles. The Morgan fingerprint density at radius 1 is 0.972 bits per heavy atom. The maximum absolute atomic E-state index is 13.2. The fraction of sp³-hybridized carbons (Fsp3) is 0.148. The first-order valence-electron chi connectivity index (χ1n) is 11.1. The third-order valence-corrected chi connectivity index (χ3v) is 5.28. The molecule has 0 aliphatic carbocycles. The van der Waals surface area contributed by atoms with Crippen LogP contribution in [0.15, 0.2) is 66.2 Å². The Morgan fingerprint density at radius 2 is 1.61 bits per heavy atom. The number of hydrogen-bond acceptors (Lipinski definition) is 5. The minimum atomic E-state index is -1.24. The molecule has 0 aliphatic rings. The van der Waals surface area contributed by atoms with Gasteiger partial charge in [-0.25, -0.2) is 9.78 Å². The number of carbonyl (C=O) groups excluding carboxylic acids is 2. The Bertz CT molecular complexity index is 1370. The topological polar surface area (TPSA) is 158 Å². The Labute approximate surface area is 208 Å². The monoisotopic (exact) mass is 485 g/mol. The Hall–Kier alpha value is -4.79. The van der Waals surface area contributed by atoms with Crippen LogP contribution in [-0.2, 0) is 0 Å². The van der Waals surface area contributed by atoms with E-state index in [1.54, 1.807) is 43.3 Å². The van der Waals surface area contributed by atoms with Gasteiger partial charge >= 0.3 is 5.97 Å². The maximum Gasteiger partial charge on any atom is 0.336 e. The van der Waals surface area contributed by atoms with Crippen molar-refractivity contribution in [1.29, 1.82) is 5.41 Å². The highest BCUT2D eigenvalue weighted by molar-refractivity contribution is 6.10. The van der Waals surface area contributed by atoms with Crippen LogP contribution < -0.4 is 16.4 Å². The minimum absolute atomic E-state index is 0.0360. The van der Waals surface area contributed by atoms with Crippen LogP contribution in [0.5, 0.6) is 0 Å². The number of aryl methyl sites for hydroxylation is 1. The maximum atomic E-state index is 13.2. The lowest BCUT2D eigenvalue weighted by Gasteiger charge is -2.14. The normalized spacial score (nSPS) is 10.3. The number of amidine groups is 1. The number of nitrogens with zero attached hydrogens (tertiary/aromatic N) is 1. The standard InChI is InChI=1S/C27H27N5O4/c1-15(2)12-13-30-25(33)18-7-11-20(22(14-18)27(35)36)21-10-4-16(3)31-23(21)26(34)32-19-8-5-17(6-9-19)24(28)29/h4-12,14H,13H2,1-3H3,(H3,28,29)(H,30,33)(H,32,34)(H,35,36). The van der Waals surface area contributed by atoms with Gasteiger partial charge in [0.2, 0.25) is 0 Å². The molecular weight excluding hydrogens is 458 g/mol. The summed E-state index contributed by atoms with van der Waals surface area (Å²) in [5, 5.41) is 22.8. The summed E-state index contributed by atoms with van der Waals surface area (Å²) in [6, 6.07) is 14.0. The number of carboxylic acid groups (broad SMARTS) is 1. The molecule has 3 rings (SSSR count). The summed E-state index contributed by atoms with van der Waals surface area (Å²) in [6.45, 7) is 5.87. The average molecular weight is 486 g/mol. The number of carbonyl (C=O) groups is 3. The number of nitrogens with one attached hydrogen (secondary N) is 3. The van der Waals surface area contributed by atoms with Gasteiger partial charge in [0.25, 0.3) is 11.8 Å². The van der Waals surface area contributed by atoms with E-state index >= 15 is 0 Å². The largest absolute Gasteiger partial charge is 0.478 e. The van der Waals surface area contributed by atoms with Gasteiger partial charge in [0.05, 0.1) is 5.56 Å². The quantitative estimate of drug-likeness (QED) is 0.184. The van der Waals surface area contributed by atoms with Crippen molar-refractivity contribution in [2.75, 3.05) is 11.9 Å². The van der Waals surface area contributed by atoms with Gasteiger partial charge in [-0.2, -0.15) is 0 Å². The van der Waals surface area contributed by atoms with E-state index < -0.39 is 17.8 Å². The summed E-state index contributed by atoms with van der Waals surface area (Å²) in [5.41, 5.74) is 8.73. The highest BCUT2D eigenvalue weighted by Gasteiger charge is 2.21. The number of rotatable bonds is 8. The van der Waals surface area contributed by atoms with Gasteiger partial charge in [-0.1, -0.05) is 23.8 Å². The molecule has 0 radical (unpaired) electrons. The van der Waals surface area contributed by atoms with Crippen molar-refractivity contribution in [2.24, 2.45) is 5.73 Å². The zero-order chi connectivity index (χ0) is 26.4. The molecule has 9 heteroatoms. The molecule has 2 amide bonds. The lowest BCUT2D eigenvalue weighted by Crippen LogP contribution is -2.24. The van der Waals surface area contributed by atoms with E-state index in [0.29, 0.717) is 29.1 Å². The average Bonchev–Trinajstić information content (AvgIpc) is 2.83. The zero-order valence-electron chi connectivity index (χ0n) is 20.2. The van der Waals surface area contributed by atoms with E-state index in [0.717, 1.165) is 5.57 Å². The number of anilines is 1. The van der Waals surface area contributed by atoms with Crippen LogP contribution in [-0.4, -0.2) is 40.3 Å². The summed E-state index contributed by atoms with van der Waals surface area (Å²) in [7, 11) is 0. The van der Waals surface area contributed by atoms with E-state index in [2.05, 4.69) is 15.6 Å². The number of hydrogen-bond donors (Lipinski definition) is 5. The molecule has 36 heavy (non-hydrogen) atoms. The van der Waals surface area contributed by atoms with Crippen LogP contribution in [0, 0.1) is 12.3 Å². The number of amides is 2. The van der Waals surface area contributed by atoms with Crippen LogP contribution >= 0.6 is 0 Å². The van der Waals surface area contributed by atoms with Gasteiger partial charge in [-0.3, -0.25) is 15.0 Å². The highest BCUT2D eigenvalue weighted by Crippen LogP contribution is 2.29. The van der Waals surface area contributed by atoms with Crippen molar-refractivity contribution >= 4 is 29.3 Å². The molecule has 3 aromatic rings. The summed E-state index contributed by atoms with van der Waals surface area (Å²) in [5.74, 6) is -2.28. The summed E-state index contributed by atoms with van der Waals surface area (Å²) >= 11 is 0. The predicted molar refractivity (Wildman–Crippen MR) is 139 cm³/mol. The lowest BCUT2D eigenvalue weighted by molar-refractivity contribution is 0.0697. The molecule has 1 aromatic heterocycles. The molecule has 184 valence electrons. The van der Waals surface area contributed by atoms with Crippen molar-refractivity contribution in [2.45, 2.75) is 20.8 Å². The molecule has 9 nitrogen and oxygen atoms in total. The fourth-order valence-corrected chi connectivity index (χ4v) is 3.42. The Morgan fingerprint density at radius 3 is 2.22 bits per heavy atom. The number of allylic oxidation sites excluding steroid dienone is 1. The van der Waals surface area contributed by atoms with Crippen LogP contribution in [0.2, 0.25) is 0 Å². The fourth-order valence-electron chi connectivity index (χ4n) is 3.42. The SMILES string of the molecule is CC(C)=CCNC(=O)c1ccc(-c2ccc(C)nc2C(=O)Nc2ccc(C(=N)N)cc2)c(C(=O)O)c1. The van der Waals surface area contributed by atoms with Gasteiger partial charge < -0.3 is 21.5 Å². The number of nitrogens with two attached hydrogens (primary N) is 1. The van der Waals surface area contributed by atoms with Gasteiger partial charge in [-0.15, -0.1) is 0 Å². The zero-order valence-corrected chi connectivity index (χ0v) is 20.2. The van der Waals surface area contributed by atoms with Crippen molar-refractivity contribution < 1.29 is 19.5 Å². The van der Waals surface area contributed by atoms with Gasteiger partial charge in [0.1, 0.15) is 11.5 Å². The second kappa shape index (κ2) is 11.1. The first-order valence-corrected chi connectivity index (χ1v) is 11.1. The Balaban J connectivity index is 1.97. The summed E-state index contributed by atoms with van der Waals surface area (Å²) < 4.78 is 0. The predicted octanol–water partition coefficient (Wildman–Crippen LogP) is 3.99. The third kappa shape index (κ3) is 6.20. The molecule has 0 spiro atoms. The molecule has 6 N–H and O–H groups in total. The summed E-state index contributed by atoms with van der Waals surface area (Å²) in [6.07, 6.45) is 1.85. The van der Waals surface area contributed by atoms with E-state index in [4.69, 9.17) is 11.1 Å². The van der Waals surface area contributed by atoms with Gasteiger partial charge in [0.15, 0.2) is 0 Å². The van der Waals surface area contributed by atoms with Gasteiger partial charge in [0, 0.05) is 34.6 Å². The number of carboxylic acids is 1.